The number of hydrogen-bond acceptors (Lipinski definition) is 5. The molecular formula is C13H17NO5. The van der Waals surface area contributed by atoms with E-state index in [4.69, 9.17) is 19.3 Å². The lowest BCUT2D eigenvalue weighted by Crippen LogP contribution is -2.25. The number of carbonyl (C=O) groups is 1. The molecule has 0 spiro atoms. The first-order chi connectivity index (χ1) is 9.17. The molecule has 1 aliphatic rings. The van der Waals surface area contributed by atoms with Crippen LogP contribution in [0, 0.1) is 0 Å². The minimum absolute atomic E-state index is 0.159. The van der Waals surface area contributed by atoms with Gasteiger partial charge in [-0.15, -0.1) is 0 Å². The highest BCUT2D eigenvalue weighted by molar-refractivity contribution is 5.70. The number of carbonyl (C=O) groups excluding carboxylic acids is 1. The van der Waals surface area contributed by atoms with Crippen molar-refractivity contribution in [2.45, 2.75) is 12.6 Å². The molecule has 1 N–H and O–H groups in total. The van der Waals surface area contributed by atoms with Gasteiger partial charge in [0.2, 0.25) is 0 Å². The van der Waals surface area contributed by atoms with E-state index in [0.717, 1.165) is 5.56 Å². The molecule has 0 aliphatic carbocycles. The van der Waals surface area contributed by atoms with Gasteiger partial charge in [0.25, 0.3) is 0 Å². The van der Waals surface area contributed by atoms with Crippen molar-refractivity contribution in [3.8, 4) is 11.5 Å². The number of benzene rings is 1. The van der Waals surface area contributed by atoms with Crippen molar-refractivity contribution >= 4 is 6.09 Å². The molecule has 2 rings (SSSR count). The summed E-state index contributed by atoms with van der Waals surface area (Å²) in [5.74, 6) is 1.26. The molecule has 6 nitrogen and oxygen atoms in total. The number of methoxy groups -OCH3 is 2. The lowest BCUT2D eigenvalue weighted by atomic mass is 10.2. The van der Waals surface area contributed by atoms with Gasteiger partial charge in [-0.05, 0) is 17.7 Å². The summed E-state index contributed by atoms with van der Waals surface area (Å²) in [6.07, 6.45) is -0.846. The third-order valence-electron chi connectivity index (χ3n) is 2.97. The number of aliphatic hydroxyl groups excluding tert-OH is 1. The summed E-state index contributed by atoms with van der Waals surface area (Å²) in [7, 11) is 3.13. The van der Waals surface area contributed by atoms with E-state index in [0.29, 0.717) is 24.6 Å². The van der Waals surface area contributed by atoms with Gasteiger partial charge in [-0.3, -0.25) is 0 Å². The third kappa shape index (κ3) is 2.90. The standard InChI is InChI=1S/C13H17NO5/c1-17-11-4-3-9(5-12(11)18-2)6-14-7-10(8-15)19-13(14)16/h3-5,10,15H,6-8H2,1-2H3. The van der Waals surface area contributed by atoms with Crippen molar-refractivity contribution in [2.75, 3.05) is 27.4 Å². The van der Waals surface area contributed by atoms with Gasteiger partial charge in [0.05, 0.1) is 27.4 Å². The van der Waals surface area contributed by atoms with Crippen molar-refractivity contribution in [3.05, 3.63) is 23.8 Å². The largest absolute Gasteiger partial charge is 0.493 e. The fraction of sp³-hybridized carbons (Fsp3) is 0.462. The molecule has 1 atom stereocenters. The monoisotopic (exact) mass is 267 g/mol. The molecular weight excluding hydrogens is 250 g/mol. The van der Waals surface area contributed by atoms with Crippen LogP contribution < -0.4 is 9.47 Å². The van der Waals surface area contributed by atoms with Crippen molar-refractivity contribution in [1.82, 2.24) is 4.90 Å². The summed E-state index contributed by atoms with van der Waals surface area (Å²) in [4.78, 5) is 13.1. The molecule has 6 heteroatoms. The zero-order chi connectivity index (χ0) is 13.8. The molecule has 104 valence electrons. The van der Waals surface area contributed by atoms with Gasteiger partial charge < -0.3 is 24.2 Å². The van der Waals surface area contributed by atoms with Gasteiger partial charge >= 0.3 is 6.09 Å². The summed E-state index contributed by atoms with van der Waals surface area (Å²) in [6.45, 7) is 0.646. The average Bonchev–Trinajstić information content (AvgIpc) is 2.79. The minimum Gasteiger partial charge on any atom is -0.493 e. The molecule has 0 saturated carbocycles. The van der Waals surface area contributed by atoms with Crippen LogP contribution in [0.4, 0.5) is 4.79 Å². The first kappa shape index (κ1) is 13.5. The molecule has 1 fully saturated rings. The van der Waals surface area contributed by atoms with Crippen molar-refractivity contribution < 1.29 is 24.1 Å². The van der Waals surface area contributed by atoms with E-state index in [2.05, 4.69) is 0 Å². The van der Waals surface area contributed by atoms with Gasteiger partial charge in [-0.2, -0.15) is 0 Å². The Morgan fingerprint density at radius 3 is 2.68 bits per heavy atom. The van der Waals surface area contributed by atoms with Crippen LogP contribution in [0.25, 0.3) is 0 Å². The molecule has 1 aromatic rings. The van der Waals surface area contributed by atoms with Crippen LogP contribution in [-0.4, -0.2) is 49.6 Å². The van der Waals surface area contributed by atoms with E-state index in [1.54, 1.807) is 25.2 Å². The Balaban J connectivity index is 2.09. The SMILES string of the molecule is COc1ccc(CN2CC(CO)OC2=O)cc1OC. The van der Waals surface area contributed by atoms with E-state index in [1.165, 1.54) is 0 Å². The molecule has 1 amide bonds. The molecule has 0 radical (unpaired) electrons. The Labute approximate surface area is 111 Å². The van der Waals surface area contributed by atoms with Gasteiger partial charge in [0.1, 0.15) is 6.10 Å². The van der Waals surface area contributed by atoms with Crippen LogP contribution in [0.5, 0.6) is 11.5 Å². The normalized spacial score (nSPS) is 18.4. The van der Waals surface area contributed by atoms with Crippen molar-refractivity contribution in [2.24, 2.45) is 0 Å². The number of ether oxygens (including phenoxy) is 3. The average molecular weight is 267 g/mol. The van der Waals surface area contributed by atoms with Crippen molar-refractivity contribution in [3.63, 3.8) is 0 Å². The Kier molecular flexibility index (Phi) is 4.11. The summed E-state index contributed by atoms with van der Waals surface area (Å²) < 4.78 is 15.3. The lowest BCUT2D eigenvalue weighted by Gasteiger charge is -2.14. The second kappa shape index (κ2) is 5.79. The van der Waals surface area contributed by atoms with E-state index < -0.39 is 12.2 Å². The second-order valence-electron chi connectivity index (χ2n) is 4.26. The molecule has 0 aromatic heterocycles. The lowest BCUT2D eigenvalue weighted by molar-refractivity contribution is 0.0947. The van der Waals surface area contributed by atoms with E-state index in [9.17, 15) is 4.79 Å². The summed E-state index contributed by atoms with van der Waals surface area (Å²) in [5.41, 5.74) is 0.910. The zero-order valence-electron chi connectivity index (χ0n) is 11.0. The molecule has 1 aromatic carbocycles. The van der Waals surface area contributed by atoms with Crippen LogP contribution >= 0.6 is 0 Å². The van der Waals surface area contributed by atoms with Gasteiger partial charge in [0.15, 0.2) is 11.5 Å². The van der Waals surface area contributed by atoms with Gasteiger partial charge in [-0.1, -0.05) is 6.07 Å². The number of amides is 1. The van der Waals surface area contributed by atoms with E-state index in [-0.39, 0.29) is 6.61 Å². The smallest absolute Gasteiger partial charge is 0.410 e. The maximum Gasteiger partial charge on any atom is 0.410 e. The van der Waals surface area contributed by atoms with Crippen molar-refractivity contribution in [1.29, 1.82) is 0 Å². The maximum atomic E-state index is 11.6. The van der Waals surface area contributed by atoms with Crippen LogP contribution in [0.1, 0.15) is 5.56 Å². The zero-order valence-corrected chi connectivity index (χ0v) is 11.0. The number of aliphatic hydroxyl groups is 1. The number of hydrogen-bond donors (Lipinski definition) is 1. The maximum absolute atomic E-state index is 11.6. The highest BCUT2D eigenvalue weighted by Gasteiger charge is 2.30. The van der Waals surface area contributed by atoms with E-state index in [1.807, 2.05) is 12.1 Å². The Morgan fingerprint density at radius 1 is 1.37 bits per heavy atom. The van der Waals surface area contributed by atoms with Crippen LogP contribution in [0.15, 0.2) is 18.2 Å². The molecule has 19 heavy (non-hydrogen) atoms. The van der Waals surface area contributed by atoms with Gasteiger partial charge in [-0.25, -0.2) is 4.79 Å². The minimum atomic E-state index is -0.437. The number of rotatable bonds is 5. The third-order valence-corrected chi connectivity index (χ3v) is 2.97. The highest BCUT2D eigenvalue weighted by atomic mass is 16.6. The molecule has 1 heterocycles. The highest BCUT2D eigenvalue weighted by Crippen LogP contribution is 2.28. The van der Waals surface area contributed by atoms with E-state index >= 15 is 0 Å². The predicted octanol–water partition coefficient (Wildman–Crippen LogP) is 1.02. The quantitative estimate of drug-likeness (QED) is 0.862. The fourth-order valence-corrected chi connectivity index (χ4v) is 2.00. The van der Waals surface area contributed by atoms with Crippen LogP contribution in [0.3, 0.4) is 0 Å². The first-order valence-corrected chi connectivity index (χ1v) is 5.95. The number of nitrogens with zero attached hydrogens (tertiary/aromatic N) is 1. The molecule has 0 bridgehead atoms. The summed E-state index contributed by atoms with van der Waals surface area (Å²) in [6, 6.07) is 5.47. The fourth-order valence-electron chi connectivity index (χ4n) is 2.00. The van der Waals surface area contributed by atoms with Crippen LogP contribution in [0.2, 0.25) is 0 Å². The topological polar surface area (TPSA) is 68.2 Å². The molecule has 1 aliphatic heterocycles. The Morgan fingerprint density at radius 2 is 2.11 bits per heavy atom. The predicted molar refractivity (Wildman–Crippen MR) is 67.3 cm³/mol. The Hall–Kier alpha value is -1.95. The number of cyclic esters (lactones) is 1. The van der Waals surface area contributed by atoms with Gasteiger partial charge in [0, 0.05) is 6.54 Å². The van der Waals surface area contributed by atoms with Crippen LogP contribution in [-0.2, 0) is 11.3 Å². The first-order valence-electron chi connectivity index (χ1n) is 5.95. The second-order valence-corrected chi connectivity index (χ2v) is 4.26. The Bertz CT molecular complexity index is 462. The molecule has 1 unspecified atom stereocenters. The summed E-state index contributed by atoms with van der Waals surface area (Å²) >= 11 is 0. The molecule has 1 saturated heterocycles. The summed E-state index contributed by atoms with van der Waals surface area (Å²) in [5, 5.41) is 8.98.